The average Bonchev–Trinajstić information content (AvgIpc) is 2.73. The van der Waals surface area contributed by atoms with Gasteiger partial charge in [0.05, 0.1) is 12.6 Å². The van der Waals surface area contributed by atoms with Crippen LogP contribution in [0.4, 0.5) is 10.2 Å². The molecule has 1 aliphatic heterocycles. The second-order valence-electron chi connectivity index (χ2n) is 8.38. The summed E-state index contributed by atoms with van der Waals surface area (Å²) < 4.78 is 13.2. The van der Waals surface area contributed by atoms with Crippen molar-refractivity contribution in [3.63, 3.8) is 0 Å². The van der Waals surface area contributed by atoms with Gasteiger partial charge in [-0.3, -0.25) is 9.69 Å². The molecule has 162 valence electrons. The molecule has 1 unspecified atom stereocenters. The van der Waals surface area contributed by atoms with Gasteiger partial charge in [-0.15, -0.1) is 0 Å². The Labute approximate surface area is 178 Å². The van der Waals surface area contributed by atoms with Crippen LogP contribution in [-0.4, -0.2) is 65.4 Å². The minimum Gasteiger partial charge on any atom is -0.354 e. The maximum Gasteiger partial charge on any atom is 0.236 e. The maximum atomic E-state index is 13.2. The molecular weight excluding hydrogens is 381 g/mol. The van der Waals surface area contributed by atoms with E-state index in [-0.39, 0.29) is 17.8 Å². The van der Waals surface area contributed by atoms with Crippen LogP contribution in [0.1, 0.15) is 49.8 Å². The fourth-order valence-corrected chi connectivity index (χ4v) is 3.61. The summed E-state index contributed by atoms with van der Waals surface area (Å²) in [6.45, 7) is 11.8. The van der Waals surface area contributed by atoms with Crippen LogP contribution in [0.15, 0.2) is 30.3 Å². The van der Waals surface area contributed by atoms with E-state index in [4.69, 9.17) is 4.98 Å². The van der Waals surface area contributed by atoms with E-state index in [9.17, 15) is 9.18 Å². The van der Waals surface area contributed by atoms with Crippen molar-refractivity contribution in [2.24, 2.45) is 0 Å². The fourth-order valence-electron chi connectivity index (χ4n) is 3.61. The molecule has 7 heteroatoms. The number of carbonyl (C=O) groups excluding carboxylic acids is 1. The van der Waals surface area contributed by atoms with Gasteiger partial charge in [0.2, 0.25) is 5.91 Å². The Hall–Kier alpha value is -2.54. The van der Waals surface area contributed by atoms with Gasteiger partial charge in [0.1, 0.15) is 17.5 Å². The molecule has 0 radical (unpaired) electrons. The Balaban J connectivity index is 1.55. The van der Waals surface area contributed by atoms with E-state index in [0.29, 0.717) is 12.5 Å². The number of piperazine rings is 1. The third kappa shape index (κ3) is 5.33. The van der Waals surface area contributed by atoms with Gasteiger partial charge in [-0.05, 0) is 31.5 Å². The van der Waals surface area contributed by atoms with Gasteiger partial charge >= 0.3 is 0 Å². The lowest BCUT2D eigenvalue weighted by Crippen LogP contribution is -2.50. The SMILES string of the molecule is Cc1cc(N2CCN(CC(=O)N(C)C(C)c3ccc(F)cc3)CC2)nc(C(C)C)n1. The zero-order valence-corrected chi connectivity index (χ0v) is 18.6. The van der Waals surface area contributed by atoms with Crippen molar-refractivity contribution in [1.29, 1.82) is 0 Å². The first-order chi connectivity index (χ1) is 14.2. The van der Waals surface area contributed by atoms with Crippen LogP contribution >= 0.6 is 0 Å². The van der Waals surface area contributed by atoms with Crippen molar-refractivity contribution in [3.05, 3.63) is 53.2 Å². The molecule has 0 saturated carbocycles. The van der Waals surface area contributed by atoms with Gasteiger partial charge in [0, 0.05) is 50.9 Å². The molecule has 2 aromatic rings. The minimum absolute atomic E-state index is 0.0697. The number of hydrogen-bond acceptors (Lipinski definition) is 5. The summed E-state index contributed by atoms with van der Waals surface area (Å²) in [5.41, 5.74) is 1.91. The van der Waals surface area contributed by atoms with Crippen LogP contribution in [0.25, 0.3) is 0 Å². The van der Waals surface area contributed by atoms with E-state index in [1.165, 1.54) is 12.1 Å². The molecule has 0 spiro atoms. The lowest BCUT2D eigenvalue weighted by Gasteiger charge is -2.36. The Bertz CT molecular complexity index is 862. The second kappa shape index (κ2) is 9.51. The van der Waals surface area contributed by atoms with E-state index < -0.39 is 0 Å². The van der Waals surface area contributed by atoms with Crippen molar-refractivity contribution in [2.75, 3.05) is 44.7 Å². The Morgan fingerprint density at radius 3 is 2.33 bits per heavy atom. The zero-order valence-electron chi connectivity index (χ0n) is 18.6. The Morgan fingerprint density at radius 2 is 1.73 bits per heavy atom. The highest BCUT2D eigenvalue weighted by molar-refractivity contribution is 5.78. The lowest BCUT2D eigenvalue weighted by molar-refractivity contribution is -0.133. The van der Waals surface area contributed by atoms with Gasteiger partial charge in [-0.2, -0.15) is 0 Å². The number of aryl methyl sites for hydroxylation is 1. The van der Waals surface area contributed by atoms with Gasteiger partial charge in [0.25, 0.3) is 0 Å². The summed E-state index contributed by atoms with van der Waals surface area (Å²) in [6.07, 6.45) is 0. The smallest absolute Gasteiger partial charge is 0.236 e. The standard InChI is InChI=1S/C23H32FN5O/c1-16(2)23-25-17(3)14-21(26-23)29-12-10-28(11-13-29)15-22(30)27(5)18(4)19-6-8-20(24)9-7-19/h6-9,14,16,18H,10-13,15H2,1-5H3. The Morgan fingerprint density at radius 1 is 1.10 bits per heavy atom. The molecule has 1 fully saturated rings. The van der Waals surface area contributed by atoms with Crippen molar-refractivity contribution >= 4 is 11.7 Å². The zero-order chi connectivity index (χ0) is 21.8. The Kier molecular flexibility index (Phi) is 7.02. The predicted molar refractivity (Wildman–Crippen MR) is 117 cm³/mol. The number of rotatable bonds is 6. The third-order valence-electron chi connectivity index (χ3n) is 5.76. The van der Waals surface area contributed by atoms with E-state index in [1.54, 1.807) is 17.0 Å². The summed E-state index contributed by atoms with van der Waals surface area (Å²) in [6, 6.07) is 8.27. The summed E-state index contributed by atoms with van der Waals surface area (Å²) in [4.78, 5) is 28.2. The first-order valence-corrected chi connectivity index (χ1v) is 10.6. The molecule has 1 atom stereocenters. The van der Waals surface area contributed by atoms with Crippen molar-refractivity contribution < 1.29 is 9.18 Å². The number of hydrogen-bond donors (Lipinski definition) is 0. The minimum atomic E-state index is -0.266. The molecule has 1 aliphatic rings. The summed E-state index contributed by atoms with van der Waals surface area (Å²) in [5, 5.41) is 0. The number of halogens is 1. The van der Waals surface area contributed by atoms with Crippen LogP contribution in [0.5, 0.6) is 0 Å². The number of nitrogens with zero attached hydrogens (tertiary/aromatic N) is 5. The molecule has 1 aromatic carbocycles. The van der Waals surface area contributed by atoms with Gasteiger partial charge in [-0.1, -0.05) is 26.0 Å². The topological polar surface area (TPSA) is 52.6 Å². The van der Waals surface area contributed by atoms with Gasteiger partial charge in [0.15, 0.2) is 0 Å². The van der Waals surface area contributed by atoms with Gasteiger partial charge < -0.3 is 9.80 Å². The normalized spacial score (nSPS) is 16.0. The number of amides is 1. The highest BCUT2D eigenvalue weighted by Crippen LogP contribution is 2.21. The maximum absolute atomic E-state index is 13.2. The lowest BCUT2D eigenvalue weighted by atomic mass is 10.1. The highest BCUT2D eigenvalue weighted by atomic mass is 19.1. The van der Waals surface area contributed by atoms with Crippen LogP contribution < -0.4 is 4.90 Å². The molecule has 2 heterocycles. The summed E-state index contributed by atoms with van der Waals surface area (Å²) >= 11 is 0. The van der Waals surface area contributed by atoms with Crippen molar-refractivity contribution in [2.45, 2.75) is 39.7 Å². The van der Waals surface area contributed by atoms with Crippen molar-refractivity contribution in [3.8, 4) is 0 Å². The highest BCUT2D eigenvalue weighted by Gasteiger charge is 2.24. The molecule has 1 amide bonds. The van der Waals surface area contributed by atoms with E-state index >= 15 is 0 Å². The largest absolute Gasteiger partial charge is 0.354 e. The van der Waals surface area contributed by atoms with Crippen LogP contribution in [-0.2, 0) is 4.79 Å². The van der Waals surface area contributed by atoms with Crippen LogP contribution in [0.2, 0.25) is 0 Å². The fraction of sp³-hybridized carbons (Fsp3) is 0.522. The average molecular weight is 414 g/mol. The first-order valence-electron chi connectivity index (χ1n) is 10.6. The van der Waals surface area contributed by atoms with Crippen LogP contribution in [0, 0.1) is 12.7 Å². The monoisotopic (exact) mass is 413 g/mol. The molecule has 6 nitrogen and oxygen atoms in total. The number of carbonyl (C=O) groups is 1. The molecule has 3 rings (SSSR count). The first kappa shape index (κ1) is 22.2. The number of anilines is 1. The molecule has 1 aromatic heterocycles. The van der Waals surface area contributed by atoms with Crippen LogP contribution in [0.3, 0.4) is 0 Å². The van der Waals surface area contributed by atoms with Crippen molar-refractivity contribution in [1.82, 2.24) is 19.8 Å². The van der Waals surface area contributed by atoms with E-state index in [0.717, 1.165) is 49.1 Å². The number of likely N-dealkylation sites (N-methyl/N-ethyl adjacent to an activating group) is 1. The second-order valence-corrected chi connectivity index (χ2v) is 8.38. The summed E-state index contributed by atoms with van der Waals surface area (Å²) in [5.74, 6) is 1.94. The molecule has 30 heavy (non-hydrogen) atoms. The van der Waals surface area contributed by atoms with E-state index in [1.807, 2.05) is 27.0 Å². The predicted octanol–water partition coefficient (Wildman–Crippen LogP) is 3.39. The molecular formula is C23H32FN5O. The summed E-state index contributed by atoms with van der Waals surface area (Å²) in [7, 11) is 1.81. The van der Waals surface area contributed by atoms with E-state index in [2.05, 4.69) is 28.6 Å². The number of benzene rings is 1. The van der Waals surface area contributed by atoms with Gasteiger partial charge in [-0.25, -0.2) is 14.4 Å². The molecule has 0 bridgehead atoms. The molecule has 1 saturated heterocycles. The molecule has 0 N–H and O–H groups in total. The quantitative estimate of drug-likeness (QED) is 0.727. The molecule has 0 aliphatic carbocycles. The third-order valence-corrected chi connectivity index (χ3v) is 5.76. The number of aromatic nitrogens is 2.